The molecule has 0 spiro atoms. The molecule has 150 valence electrons. The van der Waals surface area contributed by atoms with Gasteiger partial charge in [-0.1, -0.05) is 19.9 Å². The number of amides is 2. The van der Waals surface area contributed by atoms with Gasteiger partial charge in [0.25, 0.3) is 0 Å². The van der Waals surface area contributed by atoms with Crippen LogP contribution in [-0.4, -0.2) is 24.5 Å². The van der Waals surface area contributed by atoms with Gasteiger partial charge in [0, 0.05) is 23.5 Å². The van der Waals surface area contributed by atoms with Gasteiger partial charge >= 0.3 is 0 Å². The average Bonchev–Trinajstić information content (AvgIpc) is 2.69. The van der Waals surface area contributed by atoms with Crippen LogP contribution in [0.1, 0.15) is 39.2 Å². The van der Waals surface area contributed by atoms with Crippen LogP contribution in [0.4, 0.5) is 17.1 Å². The molecule has 0 saturated carbocycles. The second kappa shape index (κ2) is 10.3. The minimum Gasteiger partial charge on any atom is -0.491 e. The molecule has 6 nitrogen and oxygen atoms in total. The number of anilines is 3. The average molecular weight is 383 g/mol. The molecule has 2 rings (SSSR count). The molecule has 0 bridgehead atoms. The molecule has 0 aliphatic rings. The van der Waals surface area contributed by atoms with Crippen LogP contribution >= 0.6 is 0 Å². The summed E-state index contributed by atoms with van der Waals surface area (Å²) in [5, 5.41) is 8.76. The van der Waals surface area contributed by atoms with Crippen molar-refractivity contribution >= 4 is 28.9 Å². The summed E-state index contributed by atoms with van der Waals surface area (Å²) in [4.78, 5) is 23.8. The van der Waals surface area contributed by atoms with Crippen LogP contribution in [0.2, 0.25) is 0 Å². The number of carbonyl (C=O) groups is 2. The predicted octanol–water partition coefficient (Wildman–Crippen LogP) is 4.57. The summed E-state index contributed by atoms with van der Waals surface area (Å²) >= 11 is 0. The van der Waals surface area contributed by atoms with E-state index in [1.165, 1.54) is 0 Å². The first-order valence-corrected chi connectivity index (χ1v) is 9.62. The van der Waals surface area contributed by atoms with Gasteiger partial charge < -0.3 is 20.7 Å². The van der Waals surface area contributed by atoms with E-state index in [-0.39, 0.29) is 24.5 Å². The molecule has 0 fully saturated rings. The summed E-state index contributed by atoms with van der Waals surface area (Å²) in [6.45, 7) is 7.95. The monoisotopic (exact) mass is 383 g/mol. The first-order valence-electron chi connectivity index (χ1n) is 9.62. The van der Waals surface area contributed by atoms with E-state index in [4.69, 9.17) is 4.74 Å². The SMILES string of the molecule is CCC(=O)Nc1cc(NC(=O)CNc2ccc(OC(C)CC)cc2)ccc1C. The van der Waals surface area contributed by atoms with Crippen LogP contribution in [0.5, 0.6) is 5.75 Å². The highest BCUT2D eigenvalue weighted by Gasteiger charge is 2.07. The quantitative estimate of drug-likeness (QED) is 0.592. The van der Waals surface area contributed by atoms with Crippen molar-refractivity contribution in [1.29, 1.82) is 0 Å². The highest BCUT2D eigenvalue weighted by molar-refractivity contribution is 5.96. The first-order chi connectivity index (χ1) is 13.4. The Kier molecular flexibility index (Phi) is 7.87. The third kappa shape index (κ3) is 6.61. The molecule has 28 heavy (non-hydrogen) atoms. The lowest BCUT2D eigenvalue weighted by Gasteiger charge is -2.13. The maximum atomic E-state index is 12.2. The summed E-state index contributed by atoms with van der Waals surface area (Å²) in [7, 11) is 0. The number of rotatable bonds is 9. The van der Waals surface area contributed by atoms with E-state index in [9.17, 15) is 9.59 Å². The molecule has 0 aliphatic heterocycles. The fourth-order valence-corrected chi connectivity index (χ4v) is 2.43. The predicted molar refractivity (Wildman–Crippen MR) is 114 cm³/mol. The molecule has 2 amide bonds. The van der Waals surface area contributed by atoms with Gasteiger partial charge in [-0.3, -0.25) is 9.59 Å². The second-order valence-corrected chi connectivity index (χ2v) is 6.69. The van der Waals surface area contributed by atoms with E-state index < -0.39 is 0 Å². The van der Waals surface area contributed by atoms with Crippen LogP contribution in [0, 0.1) is 6.92 Å². The largest absolute Gasteiger partial charge is 0.491 e. The standard InChI is InChI=1S/C22H29N3O3/c1-5-16(4)28-19-11-9-17(10-12-19)23-14-22(27)24-18-8-7-15(3)20(13-18)25-21(26)6-2/h7-13,16,23H,5-6,14H2,1-4H3,(H,24,27)(H,25,26). The topological polar surface area (TPSA) is 79.5 Å². The Bertz CT molecular complexity index is 803. The van der Waals surface area contributed by atoms with E-state index in [0.717, 1.165) is 23.4 Å². The maximum Gasteiger partial charge on any atom is 0.243 e. The molecule has 2 aromatic carbocycles. The Morgan fingerprint density at radius 2 is 1.64 bits per heavy atom. The Labute approximate surface area is 166 Å². The Hall–Kier alpha value is -3.02. The van der Waals surface area contributed by atoms with Gasteiger partial charge in [-0.15, -0.1) is 0 Å². The molecule has 0 aromatic heterocycles. The summed E-state index contributed by atoms with van der Waals surface area (Å²) in [6, 6.07) is 13.0. The van der Waals surface area contributed by atoms with Crippen molar-refractivity contribution in [2.24, 2.45) is 0 Å². The summed E-state index contributed by atoms with van der Waals surface area (Å²) in [5.74, 6) is 0.580. The molecule has 1 unspecified atom stereocenters. The van der Waals surface area contributed by atoms with Gasteiger partial charge in [0.05, 0.1) is 12.6 Å². The van der Waals surface area contributed by atoms with Crippen molar-refractivity contribution in [2.75, 3.05) is 22.5 Å². The van der Waals surface area contributed by atoms with E-state index in [1.807, 2.05) is 50.2 Å². The summed E-state index contributed by atoms with van der Waals surface area (Å²) < 4.78 is 5.74. The molecule has 0 aliphatic carbocycles. The highest BCUT2D eigenvalue weighted by Crippen LogP contribution is 2.21. The van der Waals surface area contributed by atoms with Crippen molar-refractivity contribution in [1.82, 2.24) is 0 Å². The Morgan fingerprint density at radius 1 is 0.964 bits per heavy atom. The van der Waals surface area contributed by atoms with E-state index in [2.05, 4.69) is 22.9 Å². The number of ether oxygens (including phenoxy) is 1. The van der Waals surface area contributed by atoms with Gasteiger partial charge in [0.2, 0.25) is 11.8 Å². The number of nitrogens with one attached hydrogen (secondary N) is 3. The van der Waals surface area contributed by atoms with Gasteiger partial charge in [-0.05, 0) is 62.2 Å². The molecular weight excluding hydrogens is 354 g/mol. The van der Waals surface area contributed by atoms with Gasteiger partial charge in [-0.25, -0.2) is 0 Å². The molecule has 2 aromatic rings. The van der Waals surface area contributed by atoms with Crippen LogP contribution in [0.25, 0.3) is 0 Å². The number of hydrogen-bond donors (Lipinski definition) is 3. The molecule has 3 N–H and O–H groups in total. The summed E-state index contributed by atoms with van der Waals surface area (Å²) in [6.07, 6.45) is 1.52. The third-order valence-corrected chi connectivity index (χ3v) is 4.34. The third-order valence-electron chi connectivity index (χ3n) is 4.34. The van der Waals surface area contributed by atoms with E-state index >= 15 is 0 Å². The van der Waals surface area contributed by atoms with Crippen LogP contribution in [0.15, 0.2) is 42.5 Å². The lowest BCUT2D eigenvalue weighted by atomic mass is 10.1. The molecule has 0 radical (unpaired) electrons. The van der Waals surface area contributed by atoms with Gasteiger partial charge in [0.1, 0.15) is 5.75 Å². The lowest BCUT2D eigenvalue weighted by molar-refractivity contribution is -0.116. The first kappa shape index (κ1) is 21.3. The smallest absolute Gasteiger partial charge is 0.243 e. The Balaban J connectivity index is 1.88. The number of carbonyl (C=O) groups excluding carboxylic acids is 2. The maximum absolute atomic E-state index is 12.2. The lowest BCUT2D eigenvalue weighted by Crippen LogP contribution is -2.22. The zero-order chi connectivity index (χ0) is 20.5. The molecule has 1 atom stereocenters. The van der Waals surface area contributed by atoms with Gasteiger partial charge in [-0.2, -0.15) is 0 Å². The van der Waals surface area contributed by atoms with Crippen LogP contribution in [0.3, 0.4) is 0 Å². The van der Waals surface area contributed by atoms with Gasteiger partial charge in [0.15, 0.2) is 0 Å². The van der Waals surface area contributed by atoms with Crippen LogP contribution < -0.4 is 20.7 Å². The van der Waals surface area contributed by atoms with Crippen molar-refractivity contribution in [3.8, 4) is 5.75 Å². The molecular formula is C22H29N3O3. The van der Waals surface area contributed by atoms with Crippen molar-refractivity contribution in [2.45, 2.75) is 46.6 Å². The fourth-order valence-electron chi connectivity index (χ4n) is 2.43. The van der Waals surface area contributed by atoms with E-state index in [0.29, 0.717) is 17.8 Å². The normalized spacial score (nSPS) is 11.4. The zero-order valence-corrected chi connectivity index (χ0v) is 17.0. The number of benzene rings is 2. The molecule has 6 heteroatoms. The van der Waals surface area contributed by atoms with Crippen LogP contribution in [-0.2, 0) is 9.59 Å². The Morgan fingerprint density at radius 3 is 2.29 bits per heavy atom. The molecule has 0 heterocycles. The van der Waals surface area contributed by atoms with Crippen molar-refractivity contribution in [3.05, 3.63) is 48.0 Å². The molecule has 0 saturated heterocycles. The zero-order valence-electron chi connectivity index (χ0n) is 17.0. The van der Waals surface area contributed by atoms with Crippen molar-refractivity contribution < 1.29 is 14.3 Å². The minimum absolute atomic E-state index is 0.0611. The van der Waals surface area contributed by atoms with E-state index in [1.54, 1.807) is 13.0 Å². The van der Waals surface area contributed by atoms with Crippen molar-refractivity contribution in [3.63, 3.8) is 0 Å². The second-order valence-electron chi connectivity index (χ2n) is 6.69. The number of hydrogen-bond acceptors (Lipinski definition) is 4. The fraction of sp³-hybridized carbons (Fsp3) is 0.364. The minimum atomic E-state index is -0.170. The highest BCUT2D eigenvalue weighted by atomic mass is 16.5. The number of aryl methyl sites for hydroxylation is 1. The summed E-state index contributed by atoms with van der Waals surface area (Å²) in [5.41, 5.74) is 3.12.